The fourth-order valence-corrected chi connectivity index (χ4v) is 5.18. The second kappa shape index (κ2) is 10.9. The minimum Gasteiger partial charge on any atom is -0.489 e. The molecule has 6 nitrogen and oxygen atoms in total. The Morgan fingerprint density at radius 1 is 1.05 bits per heavy atom. The third kappa shape index (κ3) is 5.78. The molecule has 2 aliphatic rings. The van der Waals surface area contributed by atoms with Crippen LogP contribution in [0.2, 0.25) is 0 Å². The Hall–Kier alpha value is -3.42. The number of aliphatic carboxylic acids is 1. The van der Waals surface area contributed by atoms with Gasteiger partial charge in [0.25, 0.3) is 0 Å². The van der Waals surface area contributed by atoms with Gasteiger partial charge in [0.05, 0.1) is 25.7 Å². The Labute approximate surface area is 216 Å². The molecule has 0 aliphatic carbocycles. The molecule has 2 aliphatic heterocycles. The SMILES string of the molecule is NC(CF)c1cccc(-c2cc(COc3ccccc3CC(=O)O)cc(N3CCC4(CC3)COC4)c2)c1. The van der Waals surface area contributed by atoms with Crippen LogP contribution in [-0.4, -0.2) is 44.1 Å². The molecule has 7 heteroatoms. The highest BCUT2D eigenvalue weighted by Gasteiger charge is 2.41. The number of nitrogens with zero attached hydrogens (tertiary/aromatic N) is 1. The van der Waals surface area contributed by atoms with Gasteiger partial charge in [0.2, 0.25) is 0 Å². The first-order chi connectivity index (χ1) is 17.9. The van der Waals surface area contributed by atoms with E-state index in [0.717, 1.165) is 67.1 Å². The van der Waals surface area contributed by atoms with E-state index in [-0.39, 0.29) is 6.42 Å². The monoisotopic (exact) mass is 504 g/mol. The van der Waals surface area contributed by atoms with Crippen molar-refractivity contribution in [2.24, 2.45) is 11.1 Å². The first-order valence-corrected chi connectivity index (χ1v) is 12.8. The lowest BCUT2D eigenvalue weighted by atomic mass is 9.76. The number of rotatable bonds is 9. The average Bonchev–Trinajstić information content (AvgIpc) is 2.91. The molecule has 0 amide bonds. The third-order valence-corrected chi connectivity index (χ3v) is 7.51. The molecule has 3 aromatic carbocycles. The van der Waals surface area contributed by atoms with Gasteiger partial charge in [-0.15, -0.1) is 0 Å². The molecule has 0 radical (unpaired) electrons. The van der Waals surface area contributed by atoms with E-state index in [1.165, 1.54) is 0 Å². The number of nitrogens with two attached hydrogens (primary N) is 1. The number of para-hydroxylation sites is 1. The van der Waals surface area contributed by atoms with E-state index >= 15 is 0 Å². The highest BCUT2D eigenvalue weighted by atomic mass is 19.1. The van der Waals surface area contributed by atoms with Crippen molar-refractivity contribution >= 4 is 11.7 Å². The molecular formula is C30H33FN2O4. The largest absolute Gasteiger partial charge is 0.489 e. The zero-order chi connectivity index (χ0) is 25.8. The van der Waals surface area contributed by atoms with Crippen LogP contribution in [0.5, 0.6) is 5.75 Å². The standard InChI is InChI=1S/C30H33FN2O4/c31-17-27(32)23-6-3-5-22(14-23)25-12-21(18-37-28-7-2-1-4-24(28)16-29(34)35)13-26(15-25)33-10-8-30(9-11-33)19-36-20-30/h1-7,12-15,27H,8-11,16-20,32H2,(H,34,35). The topological polar surface area (TPSA) is 85.0 Å². The summed E-state index contributed by atoms with van der Waals surface area (Å²) in [6, 6.07) is 20.7. The van der Waals surface area contributed by atoms with Gasteiger partial charge < -0.3 is 25.2 Å². The lowest BCUT2D eigenvalue weighted by molar-refractivity contribution is -0.136. The summed E-state index contributed by atoms with van der Waals surface area (Å²) in [7, 11) is 0. The summed E-state index contributed by atoms with van der Waals surface area (Å²) in [5.74, 6) is -0.330. The number of piperidine rings is 1. The zero-order valence-corrected chi connectivity index (χ0v) is 20.9. The lowest BCUT2D eigenvalue weighted by Gasteiger charge is -2.48. The van der Waals surface area contributed by atoms with Crippen LogP contribution < -0.4 is 15.4 Å². The van der Waals surface area contributed by atoms with Gasteiger partial charge in [0.1, 0.15) is 19.0 Å². The molecule has 1 unspecified atom stereocenters. The predicted octanol–water partition coefficient (Wildman–Crippen LogP) is 5.15. The molecule has 0 aromatic heterocycles. The van der Waals surface area contributed by atoms with Gasteiger partial charge in [-0.05, 0) is 65.4 Å². The quantitative estimate of drug-likeness (QED) is 0.420. The molecule has 1 spiro atoms. The van der Waals surface area contributed by atoms with Crippen LogP contribution in [-0.2, 0) is 22.6 Å². The smallest absolute Gasteiger partial charge is 0.307 e. The highest BCUT2D eigenvalue weighted by Crippen LogP contribution is 2.40. The van der Waals surface area contributed by atoms with Crippen LogP contribution in [0.3, 0.4) is 0 Å². The first kappa shape index (κ1) is 25.2. The average molecular weight is 505 g/mol. The van der Waals surface area contributed by atoms with E-state index in [4.69, 9.17) is 15.2 Å². The van der Waals surface area contributed by atoms with Gasteiger partial charge in [0.15, 0.2) is 0 Å². The maximum Gasteiger partial charge on any atom is 0.307 e. The molecule has 3 N–H and O–H groups in total. The van der Waals surface area contributed by atoms with Crippen LogP contribution in [0, 0.1) is 5.41 Å². The molecule has 37 heavy (non-hydrogen) atoms. The van der Waals surface area contributed by atoms with Gasteiger partial charge >= 0.3 is 5.97 Å². The minimum atomic E-state index is -0.897. The number of carboxylic acid groups (broad SMARTS) is 1. The van der Waals surface area contributed by atoms with Crippen molar-refractivity contribution in [3.63, 3.8) is 0 Å². The molecule has 5 rings (SSSR count). The molecule has 0 bridgehead atoms. The minimum absolute atomic E-state index is 0.0949. The van der Waals surface area contributed by atoms with Crippen molar-refractivity contribution in [3.8, 4) is 16.9 Å². The summed E-state index contributed by atoms with van der Waals surface area (Å²) < 4.78 is 24.9. The summed E-state index contributed by atoms with van der Waals surface area (Å²) in [5.41, 5.74) is 11.8. The van der Waals surface area contributed by atoms with Gasteiger partial charge in [-0.3, -0.25) is 4.79 Å². The Balaban J connectivity index is 1.44. The fraction of sp³-hybridized carbons (Fsp3) is 0.367. The molecule has 2 heterocycles. The maximum absolute atomic E-state index is 13.3. The number of carboxylic acids is 1. The van der Waals surface area contributed by atoms with Crippen LogP contribution >= 0.6 is 0 Å². The number of carbonyl (C=O) groups is 1. The first-order valence-electron chi connectivity index (χ1n) is 12.8. The maximum atomic E-state index is 13.3. The van der Waals surface area contributed by atoms with E-state index in [9.17, 15) is 14.3 Å². The molecule has 1 atom stereocenters. The molecule has 194 valence electrons. The molecule has 2 fully saturated rings. The van der Waals surface area contributed by atoms with Crippen molar-refractivity contribution in [2.45, 2.75) is 31.9 Å². The van der Waals surface area contributed by atoms with E-state index in [1.54, 1.807) is 12.1 Å². The van der Waals surface area contributed by atoms with Crippen LogP contribution in [0.1, 0.15) is 35.6 Å². The second-order valence-corrected chi connectivity index (χ2v) is 10.2. The van der Waals surface area contributed by atoms with Gasteiger partial charge in [0, 0.05) is 29.8 Å². The fourth-order valence-electron chi connectivity index (χ4n) is 5.18. The summed E-state index contributed by atoms with van der Waals surface area (Å²) in [6.07, 6.45) is 2.11. The second-order valence-electron chi connectivity index (χ2n) is 10.2. The summed E-state index contributed by atoms with van der Waals surface area (Å²) >= 11 is 0. The van der Waals surface area contributed by atoms with Crippen LogP contribution in [0.4, 0.5) is 10.1 Å². The van der Waals surface area contributed by atoms with Crippen molar-refractivity contribution in [1.82, 2.24) is 0 Å². The van der Waals surface area contributed by atoms with E-state index in [0.29, 0.717) is 23.3 Å². The van der Waals surface area contributed by atoms with Crippen molar-refractivity contribution in [1.29, 1.82) is 0 Å². The van der Waals surface area contributed by atoms with E-state index < -0.39 is 18.7 Å². The van der Waals surface area contributed by atoms with Gasteiger partial charge in [-0.1, -0.05) is 36.4 Å². The molecular weight excluding hydrogens is 471 g/mol. The number of ether oxygens (including phenoxy) is 2. The molecule has 3 aromatic rings. The normalized spacial score (nSPS) is 17.3. The van der Waals surface area contributed by atoms with Crippen LogP contribution in [0.15, 0.2) is 66.7 Å². The Morgan fingerprint density at radius 3 is 2.54 bits per heavy atom. The highest BCUT2D eigenvalue weighted by molar-refractivity contribution is 5.72. The number of anilines is 1. The summed E-state index contributed by atoms with van der Waals surface area (Å²) in [5, 5.41) is 9.26. The Bertz CT molecular complexity index is 1250. The Kier molecular flexibility index (Phi) is 7.44. The number of alkyl halides is 1. The van der Waals surface area contributed by atoms with Gasteiger partial charge in [-0.25, -0.2) is 4.39 Å². The summed E-state index contributed by atoms with van der Waals surface area (Å²) in [4.78, 5) is 13.7. The number of hydrogen-bond donors (Lipinski definition) is 2. The van der Waals surface area contributed by atoms with Crippen molar-refractivity contribution in [3.05, 3.63) is 83.4 Å². The zero-order valence-electron chi connectivity index (χ0n) is 20.9. The van der Waals surface area contributed by atoms with Crippen molar-refractivity contribution in [2.75, 3.05) is 37.9 Å². The lowest BCUT2D eigenvalue weighted by Crippen LogP contribution is -2.50. The van der Waals surface area contributed by atoms with Gasteiger partial charge in [-0.2, -0.15) is 0 Å². The molecule has 0 saturated carbocycles. The van der Waals surface area contributed by atoms with E-state index in [1.807, 2.05) is 36.4 Å². The van der Waals surface area contributed by atoms with E-state index in [2.05, 4.69) is 23.1 Å². The van der Waals surface area contributed by atoms with Crippen LogP contribution in [0.25, 0.3) is 11.1 Å². The summed E-state index contributed by atoms with van der Waals surface area (Å²) in [6.45, 7) is 3.32. The van der Waals surface area contributed by atoms with Crippen molar-refractivity contribution < 1.29 is 23.8 Å². The number of hydrogen-bond acceptors (Lipinski definition) is 5. The molecule has 2 saturated heterocycles. The Morgan fingerprint density at radius 2 is 1.84 bits per heavy atom. The number of benzene rings is 3. The predicted molar refractivity (Wildman–Crippen MR) is 142 cm³/mol. The third-order valence-electron chi connectivity index (χ3n) is 7.51. The number of halogens is 1.